The van der Waals surface area contributed by atoms with Gasteiger partial charge in [-0.1, -0.05) is 6.07 Å². The average molecular weight is 286 g/mol. The summed E-state index contributed by atoms with van der Waals surface area (Å²) in [6, 6.07) is 12.0. The minimum absolute atomic E-state index is 0.0214. The Labute approximate surface area is 123 Å². The van der Waals surface area contributed by atoms with Gasteiger partial charge in [0.1, 0.15) is 0 Å². The van der Waals surface area contributed by atoms with Crippen molar-refractivity contribution in [2.45, 2.75) is 20.0 Å². The van der Waals surface area contributed by atoms with E-state index in [0.29, 0.717) is 12.1 Å². The predicted molar refractivity (Wildman–Crippen MR) is 82.5 cm³/mol. The molecule has 2 rings (SSSR count). The minimum atomic E-state index is -0.715. The quantitative estimate of drug-likeness (QED) is 0.653. The molecule has 110 valence electrons. The molecule has 2 aromatic carbocycles. The standard InChI is InChI=1S/C16H18N2O3/c1-11-3-6-14(9-12(11)2)17-10-16(19)13-4-7-15(8-5-13)18(20)21/h3-9,16-17,19H,10H2,1-2H3. The molecule has 0 spiro atoms. The number of aryl methyl sites for hydroxylation is 2. The number of rotatable bonds is 5. The number of aliphatic hydroxyl groups excluding tert-OH is 1. The highest BCUT2D eigenvalue weighted by Crippen LogP contribution is 2.19. The maximum Gasteiger partial charge on any atom is 0.269 e. The average Bonchev–Trinajstić information content (AvgIpc) is 2.48. The molecule has 5 nitrogen and oxygen atoms in total. The van der Waals surface area contributed by atoms with Gasteiger partial charge in [0.05, 0.1) is 11.0 Å². The van der Waals surface area contributed by atoms with Crippen LogP contribution in [0, 0.1) is 24.0 Å². The second kappa shape index (κ2) is 6.37. The Morgan fingerprint density at radius 2 is 1.81 bits per heavy atom. The molecular formula is C16H18N2O3. The summed E-state index contributed by atoms with van der Waals surface area (Å²) in [7, 11) is 0. The van der Waals surface area contributed by atoms with Crippen LogP contribution in [0.1, 0.15) is 22.8 Å². The molecule has 0 heterocycles. The van der Waals surface area contributed by atoms with Crippen LogP contribution in [0.5, 0.6) is 0 Å². The first-order valence-corrected chi connectivity index (χ1v) is 6.71. The molecule has 0 fully saturated rings. The van der Waals surface area contributed by atoms with Crippen LogP contribution in [0.3, 0.4) is 0 Å². The summed E-state index contributed by atoms with van der Waals surface area (Å²) in [6.07, 6.45) is -0.715. The number of nitrogens with one attached hydrogen (secondary N) is 1. The van der Waals surface area contributed by atoms with Crippen LogP contribution in [0.4, 0.5) is 11.4 Å². The molecule has 21 heavy (non-hydrogen) atoms. The maximum absolute atomic E-state index is 10.6. The molecule has 5 heteroatoms. The molecule has 0 aliphatic heterocycles. The van der Waals surface area contributed by atoms with Gasteiger partial charge in [-0.3, -0.25) is 10.1 Å². The fraction of sp³-hybridized carbons (Fsp3) is 0.250. The number of nitro groups is 1. The Hall–Kier alpha value is -2.40. The lowest BCUT2D eigenvalue weighted by molar-refractivity contribution is -0.384. The molecule has 0 aromatic heterocycles. The second-order valence-electron chi connectivity index (χ2n) is 5.04. The molecule has 0 bridgehead atoms. The second-order valence-corrected chi connectivity index (χ2v) is 5.04. The van der Waals surface area contributed by atoms with Crippen molar-refractivity contribution in [2.24, 2.45) is 0 Å². The van der Waals surface area contributed by atoms with Crippen molar-refractivity contribution < 1.29 is 10.0 Å². The zero-order valence-electron chi connectivity index (χ0n) is 12.0. The van der Waals surface area contributed by atoms with Crippen molar-refractivity contribution in [3.05, 3.63) is 69.3 Å². The molecule has 1 unspecified atom stereocenters. The first kappa shape index (κ1) is 15.0. The van der Waals surface area contributed by atoms with Crippen LogP contribution in [-0.4, -0.2) is 16.6 Å². The number of anilines is 1. The molecule has 1 atom stereocenters. The summed E-state index contributed by atoms with van der Waals surface area (Å²) < 4.78 is 0. The highest BCUT2D eigenvalue weighted by atomic mass is 16.6. The fourth-order valence-corrected chi connectivity index (χ4v) is 2.00. The molecule has 0 radical (unpaired) electrons. The summed E-state index contributed by atoms with van der Waals surface area (Å²) in [4.78, 5) is 10.1. The van der Waals surface area contributed by atoms with Gasteiger partial charge < -0.3 is 10.4 Å². The third kappa shape index (κ3) is 3.79. The highest BCUT2D eigenvalue weighted by Gasteiger charge is 2.10. The Bertz CT molecular complexity index is 638. The van der Waals surface area contributed by atoms with E-state index >= 15 is 0 Å². The number of nitro benzene ring substituents is 1. The lowest BCUT2D eigenvalue weighted by Crippen LogP contribution is -2.12. The van der Waals surface area contributed by atoms with Crippen molar-refractivity contribution in [1.29, 1.82) is 0 Å². The Kier molecular flexibility index (Phi) is 4.55. The van der Waals surface area contributed by atoms with E-state index in [1.54, 1.807) is 12.1 Å². The van der Waals surface area contributed by atoms with E-state index in [0.717, 1.165) is 5.69 Å². The van der Waals surface area contributed by atoms with Crippen molar-refractivity contribution >= 4 is 11.4 Å². The predicted octanol–water partition coefficient (Wildman–Crippen LogP) is 3.36. The zero-order valence-corrected chi connectivity index (χ0v) is 12.0. The van der Waals surface area contributed by atoms with Crippen LogP contribution < -0.4 is 5.32 Å². The number of benzene rings is 2. The van der Waals surface area contributed by atoms with Gasteiger partial charge in [0, 0.05) is 24.4 Å². The third-order valence-corrected chi connectivity index (χ3v) is 3.50. The van der Waals surface area contributed by atoms with E-state index in [2.05, 4.69) is 5.32 Å². The number of nitrogens with zero attached hydrogens (tertiary/aromatic N) is 1. The van der Waals surface area contributed by atoms with Crippen molar-refractivity contribution in [2.75, 3.05) is 11.9 Å². The van der Waals surface area contributed by atoms with Gasteiger partial charge in [-0.25, -0.2) is 0 Å². The molecule has 2 aromatic rings. The Morgan fingerprint density at radius 3 is 2.38 bits per heavy atom. The molecule has 0 aliphatic carbocycles. The monoisotopic (exact) mass is 286 g/mol. The van der Waals surface area contributed by atoms with Gasteiger partial charge in [-0.05, 0) is 54.8 Å². The lowest BCUT2D eigenvalue weighted by atomic mass is 10.1. The van der Waals surface area contributed by atoms with Gasteiger partial charge in [0.25, 0.3) is 5.69 Å². The number of non-ortho nitro benzene ring substituents is 1. The number of hydrogen-bond acceptors (Lipinski definition) is 4. The Morgan fingerprint density at radius 1 is 1.14 bits per heavy atom. The SMILES string of the molecule is Cc1ccc(NCC(O)c2ccc([N+](=O)[O-])cc2)cc1C. The van der Waals surface area contributed by atoms with E-state index in [4.69, 9.17) is 0 Å². The smallest absolute Gasteiger partial charge is 0.269 e. The van der Waals surface area contributed by atoms with Crippen LogP contribution in [-0.2, 0) is 0 Å². The Balaban J connectivity index is 1.99. The molecular weight excluding hydrogens is 268 g/mol. The first-order valence-electron chi connectivity index (χ1n) is 6.71. The van der Waals surface area contributed by atoms with Gasteiger partial charge in [-0.2, -0.15) is 0 Å². The minimum Gasteiger partial charge on any atom is -0.387 e. The largest absolute Gasteiger partial charge is 0.387 e. The van der Waals surface area contributed by atoms with Crippen LogP contribution in [0.2, 0.25) is 0 Å². The first-order chi connectivity index (χ1) is 9.97. The fourth-order valence-electron chi connectivity index (χ4n) is 2.00. The van der Waals surface area contributed by atoms with Crippen LogP contribution in [0.15, 0.2) is 42.5 Å². The van der Waals surface area contributed by atoms with Crippen molar-refractivity contribution in [1.82, 2.24) is 0 Å². The lowest BCUT2D eigenvalue weighted by Gasteiger charge is -2.14. The summed E-state index contributed by atoms with van der Waals surface area (Å²) in [5.74, 6) is 0. The van der Waals surface area contributed by atoms with Crippen LogP contribution in [0.25, 0.3) is 0 Å². The summed E-state index contributed by atoms with van der Waals surface area (Å²) in [5, 5.41) is 23.9. The molecule has 0 saturated heterocycles. The molecule has 0 saturated carbocycles. The normalized spacial score (nSPS) is 12.0. The van der Waals surface area contributed by atoms with Gasteiger partial charge >= 0.3 is 0 Å². The van der Waals surface area contributed by atoms with E-state index in [1.807, 2.05) is 32.0 Å². The van der Waals surface area contributed by atoms with Gasteiger partial charge in [-0.15, -0.1) is 0 Å². The molecule has 0 aliphatic rings. The molecule has 2 N–H and O–H groups in total. The van der Waals surface area contributed by atoms with Gasteiger partial charge in [0.15, 0.2) is 0 Å². The van der Waals surface area contributed by atoms with E-state index in [-0.39, 0.29) is 5.69 Å². The van der Waals surface area contributed by atoms with Crippen LogP contribution >= 0.6 is 0 Å². The van der Waals surface area contributed by atoms with Crippen molar-refractivity contribution in [3.63, 3.8) is 0 Å². The van der Waals surface area contributed by atoms with Crippen molar-refractivity contribution in [3.8, 4) is 0 Å². The maximum atomic E-state index is 10.6. The number of aliphatic hydroxyl groups is 1. The topological polar surface area (TPSA) is 75.4 Å². The van der Waals surface area contributed by atoms with E-state index < -0.39 is 11.0 Å². The third-order valence-electron chi connectivity index (χ3n) is 3.50. The number of hydrogen-bond donors (Lipinski definition) is 2. The summed E-state index contributed by atoms with van der Waals surface area (Å²) in [5.41, 5.74) is 4.02. The van der Waals surface area contributed by atoms with E-state index in [1.165, 1.54) is 23.3 Å². The van der Waals surface area contributed by atoms with E-state index in [9.17, 15) is 15.2 Å². The summed E-state index contributed by atoms with van der Waals surface area (Å²) in [6.45, 7) is 4.43. The van der Waals surface area contributed by atoms with Gasteiger partial charge in [0.2, 0.25) is 0 Å². The zero-order chi connectivity index (χ0) is 15.4. The summed E-state index contributed by atoms with van der Waals surface area (Å²) >= 11 is 0. The molecule has 0 amide bonds. The highest BCUT2D eigenvalue weighted by molar-refractivity contribution is 5.48.